The van der Waals surface area contributed by atoms with Crippen LogP contribution in [0.3, 0.4) is 0 Å². The number of benzene rings is 1. The predicted octanol–water partition coefficient (Wildman–Crippen LogP) is -0.424. The summed E-state index contributed by atoms with van der Waals surface area (Å²) in [5.74, 6) is 0. The van der Waals surface area contributed by atoms with E-state index in [9.17, 15) is 16.8 Å². The van der Waals surface area contributed by atoms with Gasteiger partial charge in [-0.15, -0.1) is 0 Å². The predicted molar refractivity (Wildman–Crippen MR) is 94.7 cm³/mol. The molecular formula is C15H24N4O4S2. The molecule has 10 heteroatoms. The van der Waals surface area contributed by atoms with Crippen LogP contribution in [0.15, 0.2) is 35.2 Å². The molecule has 2 N–H and O–H groups in total. The van der Waals surface area contributed by atoms with E-state index in [-0.39, 0.29) is 43.2 Å². The Balaban J connectivity index is 1.72. The highest BCUT2D eigenvalue weighted by Gasteiger charge is 2.44. The second-order valence-corrected chi connectivity index (χ2v) is 10.5. The molecule has 3 rings (SSSR count). The van der Waals surface area contributed by atoms with Crippen LogP contribution in [-0.2, 0) is 20.0 Å². The van der Waals surface area contributed by atoms with Crippen molar-refractivity contribution in [3.05, 3.63) is 30.3 Å². The van der Waals surface area contributed by atoms with Crippen LogP contribution >= 0.6 is 0 Å². The standard InChI is InChI=1S/C15H24N4O4S2/c1-12-15(13(2)17-16-12)25(22,23)19-10-8-18(9-11-19)24(20,21)14-6-4-3-5-7-14/h3-7,12-13,15-17H,8-11H2,1-2H3. The Morgan fingerprint density at radius 1 is 0.840 bits per heavy atom. The molecule has 0 spiro atoms. The molecule has 2 unspecified atom stereocenters. The summed E-state index contributed by atoms with van der Waals surface area (Å²) < 4.78 is 53.9. The molecule has 140 valence electrons. The molecule has 2 atom stereocenters. The van der Waals surface area contributed by atoms with Crippen molar-refractivity contribution in [3.63, 3.8) is 0 Å². The van der Waals surface area contributed by atoms with Crippen LogP contribution in [0, 0.1) is 0 Å². The van der Waals surface area contributed by atoms with E-state index < -0.39 is 25.3 Å². The van der Waals surface area contributed by atoms with E-state index in [4.69, 9.17) is 0 Å². The van der Waals surface area contributed by atoms with Crippen LogP contribution in [0.2, 0.25) is 0 Å². The lowest BCUT2D eigenvalue weighted by molar-refractivity contribution is 0.269. The molecule has 0 saturated carbocycles. The average Bonchev–Trinajstić information content (AvgIpc) is 2.95. The van der Waals surface area contributed by atoms with Gasteiger partial charge in [-0.3, -0.25) is 10.9 Å². The quantitative estimate of drug-likeness (QED) is 0.727. The number of sulfonamides is 2. The van der Waals surface area contributed by atoms with Gasteiger partial charge in [-0.2, -0.15) is 8.61 Å². The lowest BCUT2D eigenvalue weighted by Gasteiger charge is -2.35. The minimum atomic E-state index is -3.58. The Kier molecular flexibility index (Phi) is 5.20. The summed E-state index contributed by atoms with van der Waals surface area (Å²) in [5.41, 5.74) is 5.91. The molecule has 2 aliphatic heterocycles. The summed E-state index contributed by atoms with van der Waals surface area (Å²) in [4.78, 5) is 0.234. The van der Waals surface area contributed by atoms with Crippen molar-refractivity contribution in [1.29, 1.82) is 0 Å². The third-order valence-electron chi connectivity index (χ3n) is 4.81. The molecule has 1 aromatic carbocycles. The van der Waals surface area contributed by atoms with Crippen LogP contribution in [0.25, 0.3) is 0 Å². The molecule has 2 aliphatic rings. The average molecular weight is 389 g/mol. The topological polar surface area (TPSA) is 98.8 Å². The largest absolute Gasteiger partial charge is 0.253 e. The van der Waals surface area contributed by atoms with Crippen molar-refractivity contribution in [3.8, 4) is 0 Å². The smallest absolute Gasteiger partial charge is 0.243 e. The molecule has 25 heavy (non-hydrogen) atoms. The Hall–Kier alpha value is -1.04. The fraction of sp³-hybridized carbons (Fsp3) is 0.600. The molecule has 2 fully saturated rings. The second kappa shape index (κ2) is 6.93. The first-order valence-corrected chi connectivity index (χ1v) is 11.2. The lowest BCUT2D eigenvalue weighted by atomic mass is 10.2. The molecule has 0 aromatic heterocycles. The Morgan fingerprint density at radius 3 is 1.84 bits per heavy atom. The molecule has 0 bridgehead atoms. The Bertz CT molecular complexity index is 795. The van der Waals surface area contributed by atoms with Crippen LogP contribution in [-0.4, -0.2) is 69.0 Å². The van der Waals surface area contributed by atoms with Crippen LogP contribution in [0.1, 0.15) is 13.8 Å². The number of piperazine rings is 1. The van der Waals surface area contributed by atoms with Crippen molar-refractivity contribution in [1.82, 2.24) is 19.5 Å². The van der Waals surface area contributed by atoms with E-state index in [1.54, 1.807) is 30.3 Å². The minimum Gasteiger partial charge on any atom is -0.253 e. The SMILES string of the molecule is CC1NNC(C)C1S(=O)(=O)N1CCN(S(=O)(=O)c2ccccc2)CC1. The van der Waals surface area contributed by atoms with Gasteiger partial charge in [0.1, 0.15) is 5.25 Å². The van der Waals surface area contributed by atoms with Crippen molar-refractivity contribution in [2.75, 3.05) is 26.2 Å². The summed E-state index contributed by atoms with van der Waals surface area (Å²) in [5, 5.41) is -0.565. The van der Waals surface area contributed by atoms with E-state index in [2.05, 4.69) is 10.9 Å². The maximum Gasteiger partial charge on any atom is 0.243 e. The van der Waals surface area contributed by atoms with Gasteiger partial charge in [0.2, 0.25) is 20.0 Å². The van der Waals surface area contributed by atoms with E-state index in [1.807, 2.05) is 13.8 Å². The van der Waals surface area contributed by atoms with E-state index >= 15 is 0 Å². The van der Waals surface area contributed by atoms with Crippen molar-refractivity contribution < 1.29 is 16.8 Å². The highest BCUT2D eigenvalue weighted by molar-refractivity contribution is 7.90. The fourth-order valence-corrected chi connectivity index (χ4v) is 7.08. The highest BCUT2D eigenvalue weighted by Crippen LogP contribution is 2.23. The Labute approximate surface area is 149 Å². The molecule has 0 radical (unpaired) electrons. The number of nitrogens with zero attached hydrogens (tertiary/aromatic N) is 2. The third kappa shape index (κ3) is 3.46. The number of hydrazine groups is 1. The van der Waals surface area contributed by atoms with Crippen LogP contribution < -0.4 is 10.9 Å². The molecule has 2 saturated heterocycles. The molecule has 0 amide bonds. The monoisotopic (exact) mass is 388 g/mol. The van der Waals surface area contributed by atoms with Gasteiger partial charge in [-0.25, -0.2) is 16.8 Å². The summed E-state index contributed by atoms with van der Waals surface area (Å²) in [6, 6.07) is 7.81. The van der Waals surface area contributed by atoms with Crippen molar-refractivity contribution in [2.24, 2.45) is 0 Å². The zero-order valence-electron chi connectivity index (χ0n) is 14.3. The van der Waals surface area contributed by atoms with Crippen molar-refractivity contribution in [2.45, 2.75) is 36.1 Å². The van der Waals surface area contributed by atoms with Gasteiger partial charge in [-0.1, -0.05) is 18.2 Å². The van der Waals surface area contributed by atoms with E-state index in [0.717, 1.165) is 0 Å². The third-order valence-corrected chi connectivity index (χ3v) is 9.31. The fourth-order valence-electron chi connectivity index (χ4n) is 3.45. The number of hydrogen-bond acceptors (Lipinski definition) is 6. The summed E-state index contributed by atoms with van der Waals surface area (Å²) >= 11 is 0. The van der Waals surface area contributed by atoms with Gasteiger partial charge in [-0.05, 0) is 26.0 Å². The molecule has 1 aromatic rings. The zero-order valence-corrected chi connectivity index (χ0v) is 15.9. The molecule has 2 heterocycles. The first kappa shape index (κ1) is 18.7. The van der Waals surface area contributed by atoms with Gasteiger partial charge in [0, 0.05) is 38.3 Å². The molecular weight excluding hydrogens is 364 g/mol. The van der Waals surface area contributed by atoms with Crippen LogP contribution in [0.5, 0.6) is 0 Å². The normalized spacial score (nSPS) is 29.8. The highest BCUT2D eigenvalue weighted by atomic mass is 32.2. The van der Waals surface area contributed by atoms with E-state index in [0.29, 0.717) is 0 Å². The minimum absolute atomic E-state index is 0.160. The number of hydrogen-bond donors (Lipinski definition) is 2. The summed E-state index contributed by atoms with van der Waals surface area (Å²) in [6.45, 7) is 4.32. The maximum absolute atomic E-state index is 12.9. The van der Waals surface area contributed by atoms with Gasteiger partial charge >= 0.3 is 0 Å². The van der Waals surface area contributed by atoms with E-state index in [1.165, 1.54) is 8.61 Å². The lowest BCUT2D eigenvalue weighted by Crippen LogP contribution is -2.55. The van der Waals surface area contributed by atoms with Crippen molar-refractivity contribution >= 4 is 20.0 Å². The number of nitrogens with one attached hydrogen (secondary N) is 2. The van der Waals surface area contributed by atoms with Gasteiger partial charge in [0.25, 0.3) is 0 Å². The van der Waals surface area contributed by atoms with Crippen LogP contribution in [0.4, 0.5) is 0 Å². The molecule has 0 aliphatic carbocycles. The van der Waals surface area contributed by atoms with Gasteiger partial charge in [0.15, 0.2) is 0 Å². The molecule has 8 nitrogen and oxygen atoms in total. The second-order valence-electron chi connectivity index (χ2n) is 6.49. The van der Waals surface area contributed by atoms with Gasteiger partial charge < -0.3 is 0 Å². The Morgan fingerprint density at radius 2 is 1.32 bits per heavy atom. The zero-order chi connectivity index (χ0) is 18.2. The first-order valence-electron chi connectivity index (χ1n) is 8.30. The summed E-state index contributed by atoms with van der Waals surface area (Å²) in [7, 11) is -7.09. The first-order chi connectivity index (χ1) is 11.7. The van der Waals surface area contributed by atoms with Gasteiger partial charge in [0.05, 0.1) is 4.90 Å². The maximum atomic E-state index is 12.9. The number of rotatable bonds is 4. The summed E-state index contributed by atoms with van der Waals surface area (Å²) in [6.07, 6.45) is 0.